The van der Waals surface area contributed by atoms with Crippen LogP contribution in [0, 0.1) is 0 Å². The van der Waals surface area contributed by atoms with Crippen LogP contribution in [0.25, 0.3) is 0 Å². The molecule has 1 amide bonds. The summed E-state index contributed by atoms with van der Waals surface area (Å²) in [7, 11) is -2.63. The average molecular weight is 479 g/mol. The van der Waals surface area contributed by atoms with E-state index in [9.17, 15) is 4.79 Å². The van der Waals surface area contributed by atoms with Crippen LogP contribution in [0.1, 0.15) is 13.8 Å². The predicted molar refractivity (Wildman–Crippen MR) is 146 cm³/mol. The van der Waals surface area contributed by atoms with E-state index in [0.717, 1.165) is 21.6 Å². The summed E-state index contributed by atoms with van der Waals surface area (Å²) in [6.07, 6.45) is 0. The van der Waals surface area contributed by atoms with E-state index in [2.05, 4.69) is 41.7 Å². The van der Waals surface area contributed by atoms with E-state index in [1.165, 1.54) is 5.01 Å². The number of hydrogen-bond acceptors (Lipinski definition) is 4. The largest absolute Gasteiger partial charge is 0.324 e. The zero-order valence-electron chi connectivity index (χ0n) is 19.7. The molecule has 0 unspecified atom stereocenters. The topological polar surface area (TPSA) is 57.1 Å². The predicted octanol–water partition coefficient (Wildman–Crippen LogP) is 5.17. The molecule has 5 rings (SSSR count). The molecule has 5 nitrogen and oxygen atoms in total. The molecule has 0 saturated heterocycles. The number of hydrogen-bond donors (Lipinski definition) is 1. The van der Waals surface area contributed by atoms with Crippen LogP contribution in [0.3, 0.4) is 0 Å². The second-order valence-corrected chi connectivity index (χ2v) is 11.8. The fourth-order valence-electron chi connectivity index (χ4n) is 4.20. The van der Waals surface area contributed by atoms with Crippen molar-refractivity contribution in [3.63, 3.8) is 0 Å². The van der Waals surface area contributed by atoms with Crippen LogP contribution in [-0.4, -0.2) is 22.4 Å². The fourth-order valence-corrected chi connectivity index (χ4v) is 7.65. The monoisotopic (exact) mass is 478 g/mol. The third kappa shape index (κ3) is 4.31. The van der Waals surface area contributed by atoms with Gasteiger partial charge in [0.1, 0.15) is 5.54 Å². The van der Waals surface area contributed by atoms with Crippen LogP contribution in [0.5, 0.6) is 0 Å². The smallest absolute Gasteiger partial charge is 0.277 e. The Labute approximate surface area is 206 Å². The number of nitrogens with zero attached hydrogens (tertiary/aromatic N) is 3. The van der Waals surface area contributed by atoms with Gasteiger partial charge < -0.3 is 5.32 Å². The summed E-state index contributed by atoms with van der Waals surface area (Å²) in [4.78, 5) is 23.8. The Morgan fingerprint density at radius 3 is 1.51 bits per heavy atom. The molecule has 1 heterocycles. The Hall–Kier alpha value is -3.95. The van der Waals surface area contributed by atoms with Gasteiger partial charge in [-0.1, -0.05) is 109 Å². The van der Waals surface area contributed by atoms with Crippen LogP contribution < -0.4 is 21.2 Å². The van der Waals surface area contributed by atoms with Gasteiger partial charge in [-0.25, -0.2) is 4.99 Å². The van der Waals surface area contributed by atoms with Gasteiger partial charge in [-0.3, -0.25) is 4.79 Å². The molecule has 4 aromatic rings. The van der Waals surface area contributed by atoms with Crippen LogP contribution in [0.4, 0.5) is 5.69 Å². The first kappa shape index (κ1) is 22.8. The molecule has 0 atom stereocenters. The van der Waals surface area contributed by atoms with Gasteiger partial charge >= 0.3 is 0 Å². The van der Waals surface area contributed by atoms with Crippen LogP contribution in [0.15, 0.2) is 131 Å². The molecule has 0 bridgehead atoms. The number of guanidine groups is 1. The standard InChI is InChI=1S/C29H27N4OP/c1-29(2)27(34)33(28(31-29)30-23-15-7-3-8-16-23)32-35(24-17-9-4-10-18-24,25-19-11-5-12-20-25)26-21-13-6-14-22-26/h3-22H,1-2H3,(H,30,31). The number of para-hydroxylation sites is 1. The maximum atomic E-state index is 13.7. The highest BCUT2D eigenvalue weighted by Crippen LogP contribution is 2.47. The van der Waals surface area contributed by atoms with E-state index >= 15 is 0 Å². The quantitative estimate of drug-likeness (QED) is 0.403. The van der Waals surface area contributed by atoms with Crippen molar-refractivity contribution in [2.75, 3.05) is 5.32 Å². The van der Waals surface area contributed by atoms with Crippen molar-refractivity contribution in [1.82, 2.24) is 5.01 Å². The maximum Gasteiger partial charge on any atom is 0.277 e. The summed E-state index contributed by atoms with van der Waals surface area (Å²) in [6, 6.07) is 40.5. The van der Waals surface area contributed by atoms with Crippen molar-refractivity contribution in [2.45, 2.75) is 19.4 Å². The van der Waals surface area contributed by atoms with Crippen molar-refractivity contribution in [2.24, 2.45) is 9.85 Å². The molecule has 6 heteroatoms. The number of rotatable bonds is 5. The minimum Gasteiger partial charge on any atom is -0.324 e. The zero-order chi connectivity index (χ0) is 24.3. The Bertz CT molecular complexity index is 1300. The number of carbonyl (C=O) groups excluding carboxylic acids is 1. The minimum atomic E-state index is -2.63. The summed E-state index contributed by atoms with van der Waals surface area (Å²) < 4.78 is 0. The van der Waals surface area contributed by atoms with Gasteiger partial charge in [0.25, 0.3) is 5.91 Å². The Balaban J connectivity index is 1.79. The van der Waals surface area contributed by atoms with Gasteiger partial charge in [0.15, 0.2) is 0 Å². The first-order chi connectivity index (χ1) is 17.0. The number of aliphatic imine (C=N–C) groups is 1. The number of amides is 1. The van der Waals surface area contributed by atoms with Crippen molar-refractivity contribution >= 4 is 40.5 Å². The molecule has 1 N–H and O–H groups in total. The van der Waals surface area contributed by atoms with Gasteiger partial charge in [0.2, 0.25) is 5.96 Å². The summed E-state index contributed by atoms with van der Waals surface area (Å²) in [6.45, 7) is 3.65. The molecule has 0 spiro atoms. The lowest BCUT2D eigenvalue weighted by Gasteiger charge is -2.29. The van der Waals surface area contributed by atoms with Crippen LogP contribution in [0.2, 0.25) is 0 Å². The summed E-state index contributed by atoms with van der Waals surface area (Å²) >= 11 is 0. The molecule has 0 saturated carbocycles. The second kappa shape index (κ2) is 9.36. The van der Waals surface area contributed by atoms with Gasteiger partial charge in [-0.15, -0.1) is 0 Å². The molecule has 0 aromatic heterocycles. The third-order valence-corrected chi connectivity index (χ3v) is 9.53. The van der Waals surface area contributed by atoms with E-state index < -0.39 is 12.6 Å². The van der Waals surface area contributed by atoms with Crippen molar-refractivity contribution < 1.29 is 4.79 Å². The van der Waals surface area contributed by atoms with Gasteiger partial charge in [-0.2, -0.15) is 9.86 Å². The van der Waals surface area contributed by atoms with Crippen molar-refractivity contribution in [3.8, 4) is 0 Å². The molecule has 1 aliphatic heterocycles. The highest BCUT2D eigenvalue weighted by Gasteiger charge is 2.43. The minimum absolute atomic E-state index is 0.164. The molecule has 0 aliphatic carbocycles. The molecule has 1 aliphatic rings. The average Bonchev–Trinajstić information content (AvgIpc) is 3.11. The molecular weight excluding hydrogens is 451 g/mol. The maximum absolute atomic E-state index is 13.7. The number of benzene rings is 4. The van der Waals surface area contributed by atoms with Crippen molar-refractivity contribution in [1.29, 1.82) is 0 Å². The summed E-state index contributed by atoms with van der Waals surface area (Å²) in [5, 5.41) is 8.02. The lowest BCUT2D eigenvalue weighted by Crippen LogP contribution is -2.39. The van der Waals surface area contributed by atoms with E-state index in [-0.39, 0.29) is 5.91 Å². The molecule has 0 radical (unpaired) electrons. The highest BCUT2D eigenvalue weighted by molar-refractivity contribution is 7.87. The first-order valence-corrected chi connectivity index (χ1v) is 13.3. The summed E-state index contributed by atoms with van der Waals surface area (Å²) in [5.74, 6) is 0.265. The Kier molecular flexibility index (Phi) is 6.10. The van der Waals surface area contributed by atoms with Crippen LogP contribution in [-0.2, 0) is 4.79 Å². The normalized spacial score (nSPS) is 15.0. The number of anilines is 1. The summed E-state index contributed by atoms with van der Waals surface area (Å²) in [5.41, 5.74) is -0.0830. The lowest BCUT2D eigenvalue weighted by molar-refractivity contribution is -0.130. The zero-order valence-corrected chi connectivity index (χ0v) is 20.6. The van der Waals surface area contributed by atoms with E-state index in [0.29, 0.717) is 5.96 Å². The third-order valence-electron chi connectivity index (χ3n) is 5.94. The molecule has 174 valence electrons. The van der Waals surface area contributed by atoms with E-state index in [1.54, 1.807) is 0 Å². The van der Waals surface area contributed by atoms with E-state index in [4.69, 9.17) is 9.85 Å². The molecule has 35 heavy (non-hydrogen) atoms. The lowest BCUT2D eigenvalue weighted by atomic mass is 10.1. The molecule has 4 aromatic carbocycles. The van der Waals surface area contributed by atoms with Gasteiger partial charge in [-0.05, 0) is 26.0 Å². The van der Waals surface area contributed by atoms with Gasteiger partial charge in [0.05, 0.1) is 7.05 Å². The molecule has 0 fully saturated rings. The first-order valence-electron chi connectivity index (χ1n) is 11.6. The Morgan fingerprint density at radius 1 is 0.686 bits per heavy atom. The second-order valence-electron chi connectivity index (χ2n) is 8.83. The van der Waals surface area contributed by atoms with Crippen LogP contribution >= 0.6 is 7.05 Å². The number of carbonyl (C=O) groups is 1. The number of nitrogens with one attached hydrogen (secondary N) is 1. The molecular formula is C29H27N4OP. The highest BCUT2D eigenvalue weighted by atomic mass is 31.2. The SMILES string of the molecule is CC1(C)N=C(Nc2ccccc2)N(N=P(c2ccccc2)(c2ccccc2)c2ccccc2)C1=O. The van der Waals surface area contributed by atoms with Crippen molar-refractivity contribution in [3.05, 3.63) is 121 Å². The Morgan fingerprint density at radius 2 is 1.09 bits per heavy atom. The van der Waals surface area contributed by atoms with E-state index in [1.807, 2.05) is 98.8 Å². The fraction of sp³-hybridized carbons (Fsp3) is 0.103. The van der Waals surface area contributed by atoms with Gasteiger partial charge in [0, 0.05) is 21.6 Å².